The molecule has 7 heteroatoms. The molecule has 2 N–H and O–H groups in total. The lowest BCUT2D eigenvalue weighted by Crippen LogP contribution is -2.42. The minimum Gasteiger partial charge on any atom is -0.330 e. The number of pyridine rings is 1. The molecule has 2 atom stereocenters. The molecule has 2 aromatic rings. The summed E-state index contributed by atoms with van der Waals surface area (Å²) < 4.78 is 1.93. The Hall–Kier alpha value is -2.44. The first-order valence-corrected chi connectivity index (χ1v) is 9.12. The van der Waals surface area contributed by atoms with E-state index in [9.17, 15) is 4.79 Å². The standard InChI is InChI=1S/C18H26N6O/c1-3-8-14(13-9-5-6-11-19-13)20-18(25)21-15-10-7-12-24-17(15)22-16(4-2)23-24/h5-6,9,11,14-15H,3-4,7-8,10,12H2,1-2H3,(H2,20,21,25)/t14-,15-/m0/s1. The molecule has 0 fully saturated rings. The van der Waals surface area contributed by atoms with E-state index in [1.54, 1.807) is 6.20 Å². The fourth-order valence-corrected chi connectivity index (χ4v) is 3.21. The number of carbonyl (C=O) groups is 1. The van der Waals surface area contributed by atoms with Crippen molar-refractivity contribution in [3.05, 3.63) is 41.7 Å². The Morgan fingerprint density at radius 2 is 2.28 bits per heavy atom. The van der Waals surface area contributed by atoms with Crippen molar-refractivity contribution < 1.29 is 4.79 Å². The van der Waals surface area contributed by atoms with Crippen LogP contribution in [0.4, 0.5) is 4.79 Å². The molecule has 0 saturated carbocycles. The molecule has 25 heavy (non-hydrogen) atoms. The van der Waals surface area contributed by atoms with E-state index in [4.69, 9.17) is 0 Å². The highest BCUT2D eigenvalue weighted by molar-refractivity contribution is 5.74. The highest BCUT2D eigenvalue weighted by Crippen LogP contribution is 2.23. The first-order valence-electron chi connectivity index (χ1n) is 9.12. The number of rotatable bonds is 6. The van der Waals surface area contributed by atoms with Crippen molar-refractivity contribution in [1.82, 2.24) is 30.4 Å². The van der Waals surface area contributed by atoms with Gasteiger partial charge in [-0.1, -0.05) is 26.3 Å². The normalized spacial score (nSPS) is 17.6. The minimum absolute atomic E-state index is 0.0844. The smallest absolute Gasteiger partial charge is 0.315 e. The second kappa shape index (κ2) is 8.09. The summed E-state index contributed by atoms with van der Waals surface area (Å²) >= 11 is 0. The van der Waals surface area contributed by atoms with Gasteiger partial charge in [-0.25, -0.2) is 14.5 Å². The third-order valence-electron chi connectivity index (χ3n) is 4.47. The fourth-order valence-electron chi connectivity index (χ4n) is 3.21. The molecule has 3 rings (SSSR count). The molecule has 0 radical (unpaired) electrons. The van der Waals surface area contributed by atoms with Crippen LogP contribution in [0.5, 0.6) is 0 Å². The van der Waals surface area contributed by atoms with Crippen LogP contribution in [-0.2, 0) is 13.0 Å². The number of nitrogens with one attached hydrogen (secondary N) is 2. The van der Waals surface area contributed by atoms with Crippen LogP contribution in [0.1, 0.15) is 69.0 Å². The van der Waals surface area contributed by atoms with Crippen molar-refractivity contribution in [3.63, 3.8) is 0 Å². The zero-order valence-electron chi connectivity index (χ0n) is 14.9. The maximum atomic E-state index is 12.5. The van der Waals surface area contributed by atoms with Gasteiger partial charge in [0.1, 0.15) is 5.82 Å². The Labute approximate surface area is 148 Å². The van der Waals surface area contributed by atoms with Gasteiger partial charge < -0.3 is 10.6 Å². The summed E-state index contributed by atoms with van der Waals surface area (Å²) in [5.41, 5.74) is 0.889. The molecule has 1 aliphatic rings. The predicted molar refractivity (Wildman–Crippen MR) is 94.9 cm³/mol. The van der Waals surface area contributed by atoms with Gasteiger partial charge in [-0.3, -0.25) is 4.98 Å². The number of aryl methyl sites for hydroxylation is 2. The highest BCUT2D eigenvalue weighted by Gasteiger charge is 2.26. The molecule has 0 bridgehead atoms. The summed E-state index contributed by atoms with van der Waals surface area (Å²) in [5.74, 6) is 1.70. The van der Waals surface area contributed by atoms with Crippen LogP contribution in [0.2, 0.25) is 0 Å². The average Bonchev–Trinajstić information content (AvgIpc) is 3.06. The number of urea groups is 1. The van der Waals surface area contributed by atoms with Crippen LogP contribution in [0.25, 0.3) is 0 Å². The lowest BCUT2D eigenvalue weighted by molar-refractivity contribution is 0.228. The molecule has 7 nitrogen and oxygen atoms in total. The van der Waals surface area contributed by atoms with Gasteiger partial charge in [0.2, 0.25) is 0 Å². The maximum Gasteiger partial charge on any atom is 0.315 e. The minimum atomic E-state index is -0.177. The topological polar surface area (TPSA) is 84.7 Å². The van der Waals surface area contributed by atoms with E-state index in [0.717, 1.165) is 56.0 Å². The molecule has 1 aliphatic heterocycles. The largest absolute Gasteiger partial charge is 0.330 e. The van der Waals surface area contributed by atoms with Gasteiger partial charge in [0, 0.05) is 19.2 Å². The third kappa shape index (κ3) is 4.15. The first kappa shape index (κ1) is 17.4. The molecule has 0 aliphatic carbocycles. The van der Waals surface area contributed by atoms with E-state index in [1.807, 2.05) is 29.8 Å². The summed E-state index contributed by atoms with van der Waals surface area (Å²) in [6.07, 6.45) is 6.26. The number of hydrogen-bond acceptors (Lipinski definition) is 4. The average molecular weight is 342 g/mol. The van der Waals surface area contributed by atoms with E-state index < -0.39 is 0 Å². The monoisotopic (exact) mass is 342 g/mol. The van der Waals surface area contributed by atoms with Gasteiger partial charge in [-0.2, -0.15) is 5.10 Å². The number of hydrogen-bond donors (Lipinski definition) is 2. The van der Waals surface area contributed by atoms with Crippen LogP contribution in [-0.4, -0.2) is 25.8 Å². The summed E-state index contributed by atoms with van der Waals surface area (Å²) in [4.78, 5) is 21.5. The molecular weight excluding hydrogens is 316 g/mol. The molecular formula is C18H26N6O. The molecule has 2 aromatic heterocycles. The Morgan fingerprint density at radius 3 is 3.00 bits per heavy atom. The fraction of sp³-hybridized carbons (Fsp3) is 0.556. The van der Waals surface area contributed by atoms with Gasteiger partial charge in [0.25, 0.3) is 0 Å². The van der Waals surface area contributed by atoms with Crippen LogP contribution < -0.4 is 10.6 Å². The van der Waals surface area contributed by atoms with Gasteiger partial charge in [-0.05, 0) is 31.4 Å². The second-order valence-electron chi connectivity index (χ2n) is 6.37. The number of carbonyl (C=O) groups excluding carboxylic acids is 1. The number of fused-ring (bicyclic) bond motifs is 1. The molecule has 0 unspecified atom stereocenters. The Balaban J connectivity index is 1.67. The van der Waals surface area contributed by atoms with Crippen LogP contribution in [0, 0.1) is 0 Å². The quantitative estimate of drug-likeness (QED) is 0.845. The number of aromatic nitrogens is 4. The SMILES string of the molecule is CCC[C@H](NC(=O)N[C@H]1CCCn2nc(CC)nc21)c1ccccn1. The van der Waals surface area contributed by atoms with Gasteiger partial charge >= 0.3 is 6.03 Å². The van der Waals surface area contributed by atoms with Gasteiger partial charge in [0.05, 0.1) is 17.8 Å². The molecule has 0 aromatic carbocycles. The Kier molecular flexibility index (Phi) is 5.63. The zero-order valence-corrected chi connectivity index (χ0v) is 14.9. The van der Waals surface area contributed by atoms with Crippen LogP contribution >= 0.6 is 0 Å². The first-order chi connectivity index (χ1) is 12.2. The lowest BCUT2D eigenvalue weighted by atomic mass is 10.1. The van der Waals surface area contributed by atoms with Crippen molar-refractivity contribution in [2.75, 3.05) is 0 Å². The molecule has 0 spiro atoms. The van der Waals surface area contributed by atoms with Crippen LogP contribution in [0.15, 0.2) is 24.4 Å². The van der Waals surface area contributed by atoms with E-state index in [2.05, 4.69) is 32.6 Å². The highest BCUT2D eigenvalue weighted by atomic mass is 16.2. The zero-order chi connectivity index (χ0) is 17.6. The maximum absolute atomic E-state index is 12.5. The van der Waals surface area contributed by atoms with Crippen LogP contribution in [0.3, 0.4) is 0 Å². The van der Waals surface area contributed by atoms with Gasteiger partial charge in [-0.15, -0.1) is 0 Å². The van der Waals surface area contributed by atoms with E-state index in [-0.39, 0.29) is 18.1 Å². The molecule has 3 heterocycles. The predicted octanol–water partition coefficient (Wildman–Crippen LogP) is 2.91. The van der Waals surface area contributed by atoms with E-state index in [1.165, 1.54) is 0 Å². The van der Waals surface area contributed by atoms with Crippen molar-refractivity contribution in [2.24, 2.45) is 0 Å². The van der Waals surface area contributed by atoms with Gasteiger partial charge in [0.15, 0.2) is 5.82 Å². The summed E-state index contributed by atoms with van der Waals surface area (Å²) in [6, 6.07) is 5.42. The number of amides is 2. The molecule has 134 valence electrons. The summed E-state index contributed by atoms with van der Waals surface area (Å²) in [6.45, 7) is 5.01. The van der Waals surface area contributed by atoms with Crippen molar-refractivity contribution in [1.29, 1.82) is 0 Å². The molecule has 0 saturated heterocycles. The Morgan fingerprint density at radius 1 is 1.40 bits per heavy atom. The second-order valence-corrected chi connectivity index (χ2v) is 6.37. The summed E-state index contributed by atoms with van der Waals surface area (Å²) in [5, 5.41) is 10.6. The van der Waals surface area contributed by atoms with E-state index >= 15 is 0 Å². The Bertz CT molecular complexity index is 699. The van der Waals surface area contributed by atoms with Crippen molar-refractivity contribution in [2.45, 2.75) is 64.6 Å². The van der Waals surface area contributed by atoms with Crippen molar-refractivity contribution in [3.8, 4) is 0 Å². The molecule has 2 amide bonds. The van der Waals surface area contributed by atoms with Crippen molar-refractivity contribution >= 4 is 6.03 Å². The number of nitrogens with zero attached hydrogens (tertiary/aromatic N) is 4. The summed E-state index contributed by atoms with van der Waals surface area (Å²) in [7, 11) is 0. The third-order valence-corrected chi connectivity index (χ3v) is 4.47. The van der Waals surface area contributed by atoms with E-state index in [0.29, 0.717) is 0 Å². The lowest BCUT2D eigenvalue weighted by Gasteiger charge is -2.25.